The fraction of sp³-hybridized carbons (Fsp3) is 0.182. The topological polar surface area (TPSA) is 78.9 Å². The number of phenols is 1. The predicted octanol–water partition coefficient (Wildman–Crippen LogP) is 1.79. The van der Waals surface area contributed by atoms with Gasteiger partial charge < -0.3 is 5.11 Å². The number of aryl methyl sites for hydroxylation is 1. The summed E-state index contributed by atoms with van der Waals surface area (Å²) in [5, 5.41) is 16.3. The molecule has 0 saturated carbocycles. The summed E-state index contributed by atoms with van der Waals surface area (Å²) in [4.78, 5) is 15.9. The molecule has 0 unspecified atom stereocenters. The van der Waals surface area contributed by atoms with Crippen molar-refractivity contribution in [2.45, 2.75) is 12.1 Å². The Bertz CT molecular complexity index is 522. The van der Waals surface area contributed by atoms with Crippen LogP contribution in [0, 0.1) is 6.92 Å². The molecule has 0 aliphatic heterocycles. The van der Waals surface area contributed by atoms with Crippen LogP contribution >= 0.6 is 11.8 Å². The van der Waals surface area contributed by atoms with Crippen LogP contribution in [-0.2, 0) is 0 Å². The monoisotopic (exact) mass is 249 g/mol. The fourth-order valence-electron chi connectivity index (χ4n) is 1.25. The first-order valence-corrected chi connectivity index (χ1v) is 5.98. The molecule has 0 amide bonds. The maximum absolute atomic E-state index is 11.8. The predicted molar refractivity (Wildman–Crippen MR) is 64.3 cm³/mol. The average Bonchev–Trinajstić information content (AvgIpc) is 2.73. The number of hydrogen-bond acceptors (Lipinski definition) is 5. The zero-order chi connectivity index (χ0) is 12.3. The molecule has 0 atom stereocenters. The summed E-state index contributed by atoms with van der Waals surface area (Å²) in [6, 6.07) is 6.19. The number of hydrogen-bond donors (Lipinski definition) is 2. The van der Waals surface area contributed by atoms with Gasteiger partial charge in [0.1, 0.15) is 11.6 Å². The highest BCUT2D eigenvalue weighted by Crippen LogP contribution is 2.16. The summed E-state index contributed by atoms with van der Waals surface area (Å²) >= 11 is 1.28. The second kappa shape index (κ2) is 5.01. The van der Waals surface area contributed by atoms with Gasteiger partial charge in [0.15, 0.2) is 5.78 Å². The zero-order valence-corrected chi connectivity index (χ0v) is 9.99. The third-order valence-electron chi connectivity index (χ3n) is 2.10. The number of carbonyl (C=O) groups excluding carboxylic acids is 1. The number of phenolic OH excluding ortho intramolecular Hbond substituents is 1. The molecular formula is C11H11N3O2S. The second-order valence-electron chi connectivity index (χ2n) is 3.46. The van der Waals surface area contributed by atoms with Gasteiger partial charge in [0.25, 0.3) is 0 Å². The molecule has 0 saturated heterocycles. The molecule has 17 heavy (non-hydrogen) atoms. The van der Waals surface area contributed by atoms with Crippen molar-refractivity contribution in [1.29, 1.82) is 0 Å². The summed E-state index contributed by atoms with van der Waals surface area (Å²) in [5.74, 6) is 1.14. The van der Waals surface area contributed by atoms with Gasteiger partial charge in [0.2, 0.25) is 5.16 Å². The summed E-state index contributed by atoms with van der Waals surface area (Å²) in [7, 11) is 0. The highest BCUT2D eigenvalue weighted by atomic mass is 32.2. The number of rotatable bonds is 4. The maximum Gasteiger partial charge on any atom is 0.208 e. The van der Waals surface area contributed by atoms with E-state index in [9.17, 15) is 4.79 Å². The summed E-state index contributed by atoms with van der Waals surface area (Å²) in [6.07, 6.45) is 0. The van der Waals surface area contributed by atoms with Crippen molar-refractivity contribution in [2.24, 2.45) is 0 Å². The maximum atomic E-state index is 11.8. The van der Waals surface area contributed by atoms with Gasteiger partial charge >= 0.3 is 0 Å². The van der Waals surface area contributed by atoms with E-state index in [4.69, 9.17) is 5.11 Å². The lowest BCUT2D eigenvalue weighted by Crippen LogP contribution is -2.02. The highest BCUT2D eigenvalue weighted by Gasteiger charge is 2.08. The fourth-order valence-corrected chi connectivity index (χ4v) is 1.99. The Labute approximate surface area is 102 Å². The Morgan fingerprint density at radius 2 is 2.12 bits per heavy atom. The van der Waals surface area contributed by atoms with Crippen LogP contribution in [0.4, 0.5) is 0 Å². The molecular weight excluding hydrogens is 238 g/mol. The number of Topliss-reactive ketones (excluding diaryl/α,β-unsaturated/α-hetero) is 1. The third-order valence-corrected chi connectivity index (χ3v) is 2.95. The molecule has 1 heterocycles. The lowest BCUT2D eigenvalue weighted by Gasteiger charge is -1.99. The van der Waals surface area contributed by atoms with Gasteiger partial charge in [-0.2, -0.15) is 0 Å². The Kier molecular flexibility index (Phi) is 3.43. The van der Waals surface area contributed by atoms with Gasteiger partial charge in [-0.05, 0) is 31.2 Å². The van der Waals surface area contributed by atoms with Crippen LogP contribution in [0.2, 0.25) is 0 Å². The summed E-state index contributed by atoms with van der Waals surface area (Å²) < 4.78 is 0. The normalized spacial score (nSPS) is 10.4. The standard InChI is InChI=1S/C11H11N3O2S/c1-7-12-11(14-13-7)17-6-10(16)8-2-4-9(15)5-3-8/h2-5,15H,6H2,1H3,(H,12,13,14). The SMILES string of the molecule is Cc1nc(SCC(=O)c2ccc(O)cc2)n[nH]1. The molecule has 6 heteroatoms. The first-order valence-electron chi connectivity index (χ1n) is 4.99. The van der Waals surface area contributed by atoms with E-state index in [-0.39, 0.29) is 17.3 Å². The lowest BCUT2D eigenvalue weighted by molar-refractivity contribution is 0.102. The number of aromatic nitrogens is 3. The Hall–Kier alpha value is -1.82. The molecule has 1 aromatic carbocycles. The second-order valence-corrected chi connectivity index (χ2v) is 4.40. The van der Waals surface area contributed by atoms with Gasteiger partial charge in [-0.1, -0.05) is 11.8 Å². The minimum absolute atomic E-state index is 0.0162. The molecule has 1 aromatic heterocycles. The molecule has 0 fully saturated rings. The Morgan fingerprint density at radius 1 is 1.41 bits per heavy atom. The number of aromatic hydroxyl groups is 1. The number of thioether (sulfide) groups is 1. The number of carbonyl (C=O) groups is 1. The quantitative estimate of drug-likeness (QED) is 0.638. The minimum Gasteiger partial charge on any atom is -0.508 e. The highest BCUT2D eigenvalue weighted by molar-refractivity contribution is 7.99. The van der Waals surface area contributed by atoms with Crippen molar-refractivity contribution >= 4 is 17.5 Å². The van der Waals surface area contributed by atoms with Crippen molar-refractivity contribution in [2.75, 3.05) is 5.75 Å². The van der Waals surface area contributed by atoms with E-state index in [1.807, 2.05) is 0 Å². The Morgan fingerprint density at radius 3 is 2.71 bits per heavy atom. The number of benzene rings is 1. The van der Waals surface area contributed by atoms with E-state index < -0.39 is 0 Å². The van der Waals surface area contributed by atoms with E-state index in [0.717, 1.165) is 5.82 Å². The van der Waals surface area contributed by atoms with Gasteiger partial charge in [0, 0.05) is 5.56 Å². The number of H-pyrrole nitrogens is 1. The molecule has 0 bridgehead atoms. The van der Waals surface area contributed by atoms with Crippen LogP contribution in [-0.4, -0.2) is 31.8 Å². The molecule has 88 valence electrons. The zero-order valence-electron chi connectivity index (χ0n) is 9.17. The van der Waals surface area contributed by atoms with Gasteiger partial charge in [-0.15, -0.1) is 5.10 Å². The van der Waals surface area contributed by atoms with Crippen LogP contribution in [0.5, 0.6) is 5.75 Å². The molecule has 2 rings (SSSR count). The molecule has 0 aliphatic rings. The lowest BCUT2D eigenvalue weighted by atomic mass is 10.1. The van der Waals surface area contributed by atoms with E-state index >= 15 is 0 Å². The number of nitrogens with one attached hydrogen (secondary N) is 1. The Balaban J connectivity index is 1.95. The van der Waals surface area contributed by atoms with Gasteiger partial charge in [-0.25, -0.2) is 4.98 Å². The molecule has 0 spiro atoms. The van der Waals surface area contributed by atoms with E-state index in [2.05, 4.69) is 15.2 Å². The van der Waals surface area contributed by atoms with Crippen molar-refractivity contribution < 1.29 is 9.90 Å². The third kappa shape index (κ3) is 3.07. The van der Waals surface area contributed by atoms with Crippen molar-refractivity contribution in [1.82, 2.24) is 15.2 Å². The minimum atomic E-state index is -0.0162. The smallest absolute Gasteiger partial charge is 0.208 e. The van der Waals surface area contributed by atoms with Crippen molar-refractivity contribution in [3.63, 3.8) is 0 Å². The van der Waals surface area contributed by atoms with E-state index in [1.54, 1.807) is 19.1 Å². The van der Waals surface area contributed by atoms with Crippen LogP contribution in [0.25, 0.3) is 0 Å². The first-order chi connectivity index (χ1) is 8.15. The van der Waals surface area contributed by atoms with E-state index in [1.165, 1.54) is 23.9 Å². The average molecular weight is 249 g/mol. The summed E-state index contributed by atoms with van der Waals surface area (Å²) in [6.45, 7) is 1.80. The van der Waals surface area contributed by atoms with Gasteiger partial charge in [-0.3, -0.25) is 9.89 Å². The number of ketones is 1. The number of aromatic amines is 1. The van der Waals surface area contributed by atoms with Crippen molar-refractivity contribution in [3.05, 3.63) is 35.7 Å². The molecule has 0 radical (unpaired) electrons. The summed E-state index contributed by atoms with van der Waals surface area (Å²) in [5.41, 5.74) is 0.572. The first kappa shape index (κ1) is 11.7. The molecule has 0 aliphatic carbocycles. The van der Waals surface area contributed by atoms with E-state index in [0.29, 0.717) is 10.7 Å². The van der Waals surface area contributed by atoms with Crippen molar-refractivity contribution in [3.8, 4) is 5.75 Å². The molecule has 5 nitrogen and oxygen atoms in total. The van der Waals surface area contributed by atoms with Crippen LogP contribution < -0.4 is 0 Å². The van der Waals surface area contributed by atoms with Crippen LogP contribution in [0.15, 0.2) is 29.4 Å². The van der Waals surface area contributed by atoms with Gasteiger partial charge in [0.05, 0.1) is 5.75 Å². The van der Waals surface area contributed by atoms with Crippen LogP contribution in [0.3, 0.4) is 0 Å². The number of nitrogens with zero attached hydrogens (tertiary/aromatic N) is 2. The molecule has 2 N–H and O–H groups in total. The largest absolute Gasteiger partial charge is 0.508 e. The van der Waals surface area contributed by atoms with Crippen LogP contribution in [0.1, 0.15) is 16.2 Å². The molecule has 2 aromatic rings.